The first-order valence-corrected chi connectivity index (χ1v) is 8.40. The Morgan fingerprint density at radius 3 is 2.67 bits per heavy atom. The van der Waals surface area contributed by atoms with Crippen molar-refractivity contribution < 1.29 is 9.15 Å². The number of fused-ring (bicyclic) bond motifs is 1. The summed E-state index contributed by atoms with van der Waals surface area (Å²) in [5, 5.41) is 1.65. The van der Waals surface area contributed by atoms with E-state index in [1.54, 1.807) is 6.07 Å². The molecule has 1 heterocycles. The number of hydrogen-bond donors (Lipinski definition) is 0. The van der Waals surface area contributed by atoms with Crippen LogP contribution in [0.15, 0.2) is 51.7 Å². The highest BCUT2D eigenvalue weighted by Gasteiger charge is 2.12. The first-order valence-electron chi connectivity index (χ1n) is 8.02. The zero-order valence-corrected chi connectivity index (χ0v) is 14.5. The third-order valence-corrected chi connectivity index (χ3v) is 4.43. The van der Waals surface area contributed by atoms with Gasteiger partial charge in [0.2, 0.25) is 0 Å². The summed E-state index contributed by atoms with van der Waals surface area (Å²) in [4.78, 5) is 11.8. The van der Waals surface area contributed by atoms with Gasteiger partial charge in [-0.2, -0.15) is 0 Å². The SMILES string of the molecule is CCCc1cc(=O)oc2c(C)c(OCc3ccccc3Cl)ccc12. The van der Waals surface area contributed by atoms with Crippen LogP contribution in [0.3, 0.4) is 0 Å². The van der Waals surface area contributed by atoms with Gasteiger partial charge in [0.05, 0.1) is 0 Å². The average molecular weight is 343 g/mol. The maximum absolute atomic E-state index is 11.8. The van der Waals surface area contributed by atoms with Gasteiger partial charge in [-0.05, 0) is 37.1 Å². The summed E-state index contributed by atoms with van der Waals surface area (Å²) in [6.45, 7) is 4.36. The van der Waals surface area contributed by atoms with Crippen molar-refractivity contribution in [1.82, 2.24) is 0 Å². The van der Waals surface area contributed by atoms with E-state index in [4.69, 9.17) is 20.8 Å². The van der Waals surface area contributed by atoms with Crippen LogP contribution < -0.4 is 10.4 Å². The molecule has 24 heavy (non-hydrogen) atoms. The maximum atomic E-state index is 11.8. The van der Waals surface area contributed by atoms with Crippen molar-refractivity contribution in [3.05, 3.63) is 74.6 Å². The average Bonchev–Trinajstić information content (AvgIpc) is 2.56. The Kier molecular flexibility index (Phi) is 4.91. The standard InChI is InChI=1S/C20H19ClO3/c1-3-6-14-11-19(22)24-20-13(2)18(10-9-16(14)20)23-12-15-7-4-5-8-17(15)21/h4-5,7-11H,3,6,12H2,1-2H3. The minimum absolute atomic E-state index is 0.322. The maximum Gasteiger partial charge on any atom is 0.336 e. The van der Waals surface area contributed by atoms with Crippen LogP contribution in [0.25, 0.3) is 11.0 Å². The van der Waals surface area contributed by atoms with Gasteiger partial charge >= 0.3 is 5.63 Å². The van der Waals surface area contributed by atoms with Crippen molar-refractivity contribution in [3.63, 3.8) is 0 Å². The van der Waals surface area contributed by atoms with Gasteiger partial charge in [-0.3, -0.25) is 0 Å². The minimum Gasteiger partial charge on any atom is -0.488 e. The monoisotopic (exact) mass is 342 g/mol. The molecule has 0 saturated heterocycles. The number of benzene rings is 2. The Balaban J connectivity index is 1.97. The van der Waals surface area contributed by atoms with Crippen molar-refractivity contribution in [2.45, 2.75) is 33.3 Å². The van der Waals surface area contributed by atoms with E-state index in [1.807, 2.05) is 43.3 Å². The lowest BCUT2D eigenvalue weighted by Crippen LogP contribution is -2.03. The van der Waals surface area contributed by atoms with E-state index >= 15 is 0 Å². The Morgan fingerprint density at radius 1 is 1.12 bits per heavy atom. The summed E-state index contributed by atoms with van der Waals surface area (Å²) in [5.41, 5.74) is 3.04. The molecule has 0 saturated carbocycles. The van der Waals surface area contributed by atoms with Crippen LogP contribution in [0.4, 0.5) is 0 Å². The molecule has 4 heteroatoms. The summed E-state index contributed by atoms with van der Waals surface area (Å²) in [6.07, 6.45) is 1.82. The molecule has 0 spiro atoms. The molecule has 3 nitrogen and oxygen atoms in total. The second kappa shape index (κ2) is 7.10. The molecule has 3 rings (SSSR count). The van der Waals surface area contributed by atoms with E-state index < -0.39 is 0 Å². The van der Waals surface area contributed by atoms with Crippen LogP contribution in [0, 0.1) is 6.92 Å². The molecule has 0 fully saturated rings. The predicted molar refractivity (Wildman–Crippen MR) is 97.0 cm³/mol. The molecule has 2 aromatic carbocycles. The molecule has 1 aromatic heterocycles. The predicted octanol–water partition coefficient (Wildman–Crippen LogP) is 5.29. The molecule has 0 amide bonds. The number of rotatable bonds is 5. The molecule has 0 aliphatic heterocycles. The lowest BCUT2D eigenvalue weighted by atomic mass is 10.0. The van der Waals surface area contributed by atoms with E-state index in [9.17, 15) is 4.79 Å². The van der Waals surface area contributed by atoms with Crippen LogP contribution in [-0.4, -0.2) is 0 Å². The highest BCUT2D eigenvalue weighted by atomic mass is 35.5. The highest BCUT2D eigenvalue weighted by Crippen LogP contribution is 2.30. The van der Waals surface area contributed by atoms with Crippen molar-refractivity contribution in [1.29, 1.82) is 0 Å². The Bertz CT molecular complexity index is 928. The summed E-state index contributed by atoms with van der Waals surface area (Å²) in [5.74, 6) is 0.694. The highest BCUT2D eigenvalue weighted by molar-refractivity contribution is 6.31. The molecule has 0 aliphatic rings. The fourth-order valence-corrected chi connectivity index (χ4v) is 3.00. The summed E-state index contributed by atoms with van der Waals surface area (Å²) in [6, 6.07) is 13.0. The molecule has 0 atom stereocenters. The Morgan fingerprint density at radius 2 is 1.92 bits per heavy atom. The van der Waals surface area contributed by atoms with Gasteiger partial charge in [0.25, 0.3) is 0 Å². The second-order valence-electron chi connectivity index (χ2n) is 5.79. The topological polar surface area (TPSA) is 39.4 Å². The Hall–Kier alpha value is -2.26. The summed E-state index contributed by atoms with van der Waals surface area (Å²) >= 11 is 6.16. The molecule has 124 valence electrons. The Labute approximate surface area is 145 Å². The van der Waals surface area contributed by atoms with Crippen molar-refractivity contribution >= 4 is 22.6 Å². The van der Waals surface area contributed by atoms with Gasteiger partial charge in [0.1, 0.15) is 17.9 Å². The largest absolute Gasteiger partial charge is 0.488 e. The zero-order chi connectivity index (χ0) is 17.1. The molecular weight excluding hydrogens is 324 g/mol. The molecule has 3 aromatic rings. The van der Waals surface area contributed by atoms with Crippen LogP contribution in [-0.2, 0) is 13.0 Å². The van der Waals surface area contributed by atoms with Crippen LogP contribution in [0.2, 0.25) is 5.02 Å². The van der Waals surface area contributed by atoms with Gasteiger partial charge in [0, 0.05) is 27.6 Å². The van der Waals surface area contributed by atoms with Crippen LogP contribution >= 0.6 is 11.6 Å². The number of ether oxygens (including phenoxy) is 1. The third kappa shape index (κ3) is 3.31. The zero-order valence-electron chi connectivity index (χ0n) is 13.8. The first kappa shape index (κ1) is 16.6. The first-order chi connectivity index (χ1) is 11.6. The molecule has 0 N–H and O–H groups in total. The normalized spacial score (nSPS) is 11.0. The van der Waals surface area contributed by atoms with Crippen LogP contribution in [0.1, 0.15) is 30.0 Å². The molecule has 0 aliphatic carbocycles. The third-order valence-electron chi connectivity index (χ3n) is 4.06. The number of hydrogen-bond acceptors (Lipinski definition) is 3. The van der Waals surface area contributed by atoms with E-state index in [2.05, 4.69) is 6.92 Å². The molecule has 0 radical (unpaired) electrons. The van der Waals surface area contributed by atoms with Gasteiger partial charge in [-0.25, -0.2) is 4.79 Å². The second-order valence-corrected chi connectivity index (χ2v) is 6.19. The quantitative estimate of drug-likeness (QED) is 0.592. The lowest BCUT2D eigenvalue weighted by molar-refractivity contribution is 0.304. The van der Waals surface area contributed by atoms with Crippen LogP contribution in [0.5, 0.6) is 5.75 Å². The number of halogens is 1. The van der Waals surface area contributed by atoms with E-state index in [0.717, 1.165) is 34.9 Å². The smallest absolute Gasteiger partial charge is 0.336 e. The van der Waals surface area contributed by atoms with Crippen molar-refractivity contribution in [2.24, 2.45) is 0 Å². The van der Waals surface area contributed by atoms with Gasteiger partial charge in [-0.15, -0.1) is 0 Å². The number of aryl methyl sites for hydroxylation is 2. The van der Waals surface area contributed by atoms with E-state index in [-0.39, 0.29) is 5.63 Å². The molecule has 0 unspecified atom stereocenters. The van der Waals surface area contributed by atoms with Gasteiger partial charge in [0.15, 0.2) is 0 Å². The molecule has 0 bridgehead atoms. The fourth-order valence-electron chi connectivity index (χ4n) is 2.81. The van der Waals surface area contributed by atoms with Gasteiger partial charge < -0.3 is 9.15 Å². The fraction of sp³-hybridized carbons (Fsp3) is 0.250. The summed E-state index contributed by atoms with van der Waals surface area (Å²) < 4.78 is 11.3. The minimum atomic E-state index is -0.322. The van der Waals surface area contributed by atoms with Crippen molar-refractivity contribution in [2.75, 3.05) is 0 Å². The summed E-state index contributed by atoms with van der Waals surface area (Å²) in [7, 11) is 0. The van der Waals surface area contributed by atoms with Crippen molar-refractivity contribution in [3.8, 4) is 5.75 Å². The van der Waals surface area contributed by atoms with E-state index in [1.165, 1.54) is 0 Å². The van der Waals surface area contributed by atoms with Gasteiger partial charge in [-0.1, -0.05) is 43.1 Å². The lowest BCUT2D eigenvalue weighted by Gasteiger charge is -2.13. The van der Waals surface area contributed by atoms with E-state index in [0.29, 0.717) is 23.0 Å². The molecular formula is C20H19ClO3.